The van der Waals surface area contributed by atoms with Crippen molar-refractivity contribution in [1.29, 1.82) is 0 Å². The Balaban J connectivity index is 2.03. The second-order valence-corrected chi connectivity index (χ2v) is 5.92. The lowest BCUT2D eigenvalue weighted by Gasteiger charge is -2.05. The molecule has 0 N–H and O–H groups in total. The van der Waals surface area contributed by atoms with Crippen molar-refractivity contribution in [2.24, 2.45) is 0 Å². The summed E-state index contributed by atoms with van der Waals surface area (Å²) in [6.45, 7) is 2.04. The van der Waals surface area contributed by atoms with E-state index in [4.69, 9.17) is 0 Å². The van der Waals surface area contributed by atoms with Gasteiger partial charge in [0.2, 0.25) is 0 Å². The minimum absolute atomic E-state index is 0.796. The molecule has 100 valence electrons. The minimum atomic E-state index is 0.796. The number of rotatable bonds is 3. The van der Waals surface area contributed by atoms with Crippen LogP contribution in [0.4, 0.5) is 0 Å². The molecule has 0 radical (unpaired) electrons. The summed E-state index contributed by atoms with van der Waals surface area (Å²) in [7, 11) is 0. The highest BCUT2D eigenvalue weighted by molar-refractivity contribution is 9.10. The summed E-state index contributed by atoms with van der Waals surface area (Å²) in [4.78, 5) is 17.5. The van der Waals surface area contributed by atoms with Crippen LogP contribution in [0.25, 0.3) is 10.9 Å². The lowest BCUT2D eigenvalue weighted by atomic mass is 10.2. The monoisotopic (exact) mass is 346 g/mol. The van der Waals surface area contributed by atoms with Crippen molar-refractivity contribution >= 4 is 38.6 Å². The average Bonchev–Trinajstić information content (AvgIpc) is 2.47. The smallest absolute Gasteiger partial charge is 0.130 e. The Morgan fingerprint density at radius 1 is 1.15 bits per heavy atom. The highest BCUT2D eigenvalue weighted by Crippen LogP contribution is 2.30. The van der Waals surface area contributed by atoms with E-state index in [1.54, 1.807) is 6.33 Å². The van der Waals surface area contributed by atoms with Crippen molar-refractivity contribution in [2.75, 3.05) is 0 Å². The molecule has 0 atom stereocenters. The van der Waals surface area contributed by atoms with Gasteiger partial charge in [-0.3, -0.25) is 0 Å². The molecule has 0 aliphatic carbocycles. The summed E-state index contributed by atoms with van der Waals surface area (Å²) in [5.74, 6) is 0.820. The fraction of sp³-hybridized carbons (Fsp3) is 0.143. The molecule has 3 rings (SSSR count). The Kier molecular flexibility index (Phi) is 3.93. The molecule has 0 unspecified atom stereocenters. The first-order valence-electron chi connectivity index (χ1n) is 6.17. The zero-order chi connectivity index (χ0) is 13.9. The number of hydrogen-bond acceptors (Lipinski definition) is 5. The second-order valence-electron chi connectivity index (χ2n) is 4.10. The summed E-state index contributed by atoms with van der Waals surface area (Å²) < 4.78 is 0.796. The highest BCUT2D eigenvalue weighted by Gasteiger charge is 2.08. The van der Waals surface area contributed by atoms with E-state index in [0.717, 1.165) is 37.8 Å². The van der Waals surface area contributed by atoms with Crippen LogP contribution in [0.5, 0.6) is 0 Å². The average molecular weight is 347 g/mol. The van der Waals surface area contributed by atoms with Gasteiger partial charge in [-0.15, -0.1) is 0 Å². The third-order valence-electron chi connectivity index (χ3n) is 2.74. The maximum absolute atomic E-state index is 4.52. The van der Waals surface area contributed by atoms with Crippen LogP contribution in [0.2, 0.25) is 0 Å². The quantitative estimate of drug-likeness (QED) is 0.673. The minimum Gasteiger partial charge on any atom is -0.236 e. The SMILES string of the molecule is CCc1nc(Br)cc(Sc2ncnc3ccccc23)n1. The maximum Gasteiger partial charge on any atom is 0.130 e. The van der Waals surface area contributed by atoms with Gasteiger partial charge in [0.1, 0.15) is 26.8 Å². The van der Waals surface area contributed by atoms with E-state index in [2.05, 4.69) is 35.9 Å². The molecule has 1 aromatic carbocycles. The maximum atomic E-state index is 4.52. The van der Waals surface area contributed by atoms with Crippen molar-refractivity contribution in [1.82, 2.24) is 19.9 Å². The van der Waals surface area contributed by atoms with Gasteiger partial charge in [-0.2, -0.15) is 0 Å². The molecule has 0 bridgehead atoms. The molecule has 0 spiro atoms. The van der Waals surface area contributed by atoms with E-state index in [1.807, 2.05) is 37.3 Å². The molecular weight excluding hydrogens is 336 g/mol. The number of hydrogen-bond donors (Lipinski definition) is 0. The molecule has 0 fully saturated rings. The molecule has 0 saturated carbocycles. The van der Waals surface area contributed by atoms with Crippen LogP contribution in [-0.2, 0) is 6.42 Å². The van der Waals surface area contributed by atoms with Gasteiger partial charge in [0.15, 0.2) is 0 Å². The summed E-state index contributed by atoms with van der Waals surface area (Å²) >= 11 is 4.95. The Hall–Kier alpha value is -1.53. The first-order valence-corrected chi connectivity index (χ1v) is 7.78. The van der Waals surface area contributed by atoms with Gasteiger partial charge in [-0.1, -0.05) is 25.1 Å². The molecule has 0 amide bonds. The molecule has 3 aromatic rings. The number of nitrogens with zero attached hydrogens (tertiary/aromatic N) is 4. The number of fused-ring (bicyclic) bond motifs is 1. The van der Waals surface area contributed by atoms with Gasteiger partial charge in [0.25, 0.3) is 0 Å². The molecule has 2 aromatic heterocycles. The summed E-state index contributed by atoms with van der Waals surface area (Å²) in [6, 6.07) is 9.87. The van der Waals surface area contributed by atoms with Crippen molar-refractivity contribution in [3.63, 3.8) is 0 Å². The van der Waals surface area contributed by atoms with Crippen molar-refractivity contribution in [2.45, 2.75) is 23.4 Å². The number of para-hydroxylation sites is 1. The Bertz CT molecular complexity index is 758. The number of benzene rings is 1. The number of aromatic nitrogens is 4. The van der Waals surface area contributed by atoms with Crippen molar-refractivity contribution in [3.05, 3.63) is 47.1 Å². The van der Waals surface area contributed by atoms with Crippen LogP contribution in [0, 0.1) is 0 Å². The summed E-state index contributed by atoms with van der Waals surface area (Å²) in [5.41, 5.74) is 0.939. The van der Waals surface area contributed by atoms with Crippen LogP contribution in [0.3, 0.4) is 0 Å². The molecule has 0 aliphatic heterocycles. The van der Waals surface area contributed by atoms with E-state index in [1.165, 1.54) is 11.8 Å². The first-order chi connectivity index (χ1) is 9.76. The Morgan fingerprint density at radius 3 is 2.85 bits per heavy atom. The van der Waals surface area contributed by atoms with Gasteiger partial charge in [-0.05, 0) is 33.8 Å². The topological polar surface area (TPSA) is 51.6 Å². The predicted molar refractivity (Wildman–Crippen MR) is 82.8 cm³/mol. The van der Waals surface area contributed by atoms with E-state index in [9.17, 15) is 0 Å². The lowest BCUT2D eigenvalue weighted by molar-refractivity contribution is 0.876. The first kappa shape index (κ1) is 13.5. The summed E-state index contributed by atoms with van der Waals surface area (Å²) in [5, 5.41) is 2.82. The Labute approximate surface area is 129 Å². The molecule has 6 heteroatoms. The standard InChI is InChI=1S/C14H11BrN4S/c1-2-12-18-11(15)7-13(19-12)20-14-9-5-3-4-6-10(9)16-8-17-14/h3-8H,2H2,1H3. The van der Waals surface area contributed by atoms with Crippen LogP contribution < -0.4 is 0 Å². The number of halogens is 1. The van der Waals surface area contributed by atoms with E-state index >= 15 is 0 Å². The van der Waals surface area contributed by atoms with E-state index in [-0.39, 0.29) is 0 Å². The third-order valence-corrected chi connectivity index (χ3v) is 4.08. The van der Waals surface area contributed by atoms with Gasteiger partial charge < -0.3 is 0 Å². The molecular formula is C14H11BrN4S. The molecule has 4 nitrogen and oxygen atoms in total. The zero-order valence-corrected chi connectivity index (χ0v) is 13.1. The lowest BCUT2D eigenvalue weighted by Crippen LogP contribution is -1.95. The van der Waals surface area contributed by atoms with Crippen molar-refractivity contribution in [3.8, 4) is 0 Å². The Morgan fingerprint density at radius 2 is 2.00 bits per heavy atom. The molecule has 0 aliphatic rings. The number of aryl methyl sites for hydroxylation is 1. The van der Waals surface area contributed by atoms with Gasteiger partial charge in [0.05, 0.1) is 5.52 Å². The second kappa shape index (κ2) is 5.85. The molecule has 20 heavy (non-hydrogen) atoms. The van der Waals surface area contributed by atoms with Crippen LogP contribution >= 0.6 is 27.7 Å². The highest BCUT2D eigenvalue weighted by atomic mass is 79.9. The van der Waals surface area contributed by atoms with Crippen LogP contribution in [0.1, 0.15) is 12.7 Å². The molecule has 0 saturated heterocycles. The summed E-state index contributed by atoms with van der Waals surface area (Å²) in [6.07, 6.45) is 2.39. The van der Waals surface area contributed by atoms with E-state index in [0.29, 0.717) is 0 Å². The van der Waals surface area contributed by atoms with Crippen LogP contribution in [0.15, 0.2) is 51.3 Å². The third kappa shape index (κ3) is 2.81. The zero-order valence-electron chi connectivity index (χ0n) is 10.7. The van der Waals surface area contributed by atoms with E-state index < -0.39 is 0 Å². The van der Waals surface area contributed by atoms with Gasteiger partial charge in [-0.25, -0.2) is 19.9 Å². The normalized spacial score (nSPS) is 10.9. The molecule has 2 heterocycles. The van der Waals surface area contributed by atoms with Gasteiger partial charge >= 0.3 is 0 Å². The predicted octanol–water partition coefficient (Wildman–Crippen LogP) is 3.90. The fourth-order valence-corrected chi connectivity index (χ4v) is 3.29. The van der Waals surface area contributed by atoms with Gasteiger partial charge in [0, 0.05) is 17.9 Å². The largest absolute Gasteiger partial charge is 0.236 e. The van der Waals surface area contributed by atoms with Crippen molar-refractivity contribution < 1.29 is 0 Å². The van der Waals surface area contributed by atoms with Crippen LogP contribution in [-0.4, -0.2) is 19.9 Å². The fourth-order valence-electron chi connectivity index (χ4n) is 1.81.